The van der Waals surface area contributed by atoms with E-state index in [9.17, 15) is 14.4 Å². The molecule has 6 nitrogen and oxygen atoms in total. The summed E-state index contributed by atoms with van der Waals surface area (Å²) in [6.45, 7) is 4.68. The van der Waals surface area contributed by atoms with Crippen molar-refractivity contribution in [3.8, 4) is 0 Å². The van der Waals surface area contributed by atoms with Crippen LogP contribution in [0, 0.1) is 0 Å². The fourth-order valence-electron chi connectivity index (χ4n) is 1.30. The van der Waals surface area contributed by atoms with Gasteiger partial charge < -0.3 is 15.2 Å². The van der Waals surface area contributed by atoms with Gasteiger partial charge in [0, 0.05) is 11.1 Å². The van der Waals surface area contributed by atoms with Gasteiger partial charge in [-0.05, 0) is 32.2 Å². The van der Waals surface area contributed by atoms with Gasteiger partial charge in [0.25, 0.3) is 5.91 Å². The monoisotopic (exact) mass is 297 g/mol. The van der Waals surface area contributed by atoms with Crippen molar-refractivity contribution in [1.29, 1.82) is 0 Å². The number of carboxylic acids is 1. The highest BCUT2D eigenvalue weighted by Gasteiger charge is 2.18. The summed E-state index contributed by atoms with van der Waals surface area (Å²) in [5, 5.41) is 13.3. The van der Waals surface area contributed by atoms with E-state index in [0.29, 0.717) is 5.00 Å². The summed E-state index contributed by atoms with van der Waals surface area (Å²) in [7, 11) is 0. The summed E-state index contributed by atoms with van der Waals surface area (Å²) in [6.07, 6.45) is 0. The molecule has 0 radical (unpaired) electrons. The molecule has 7 heteroatoms. The van der Waals surface area contributed by atoms with Crippen LogP contribution in [0.1, 0.15) is 31.1 Å². The van der Waals surface area contributed by atoms with Crippen LogP contribution in [0.25, 0.3) is 0 Å². The van der Waals surface area contributed by atoms with Crippen LogP contribution < -0.4 is 5.32 Å². The molecular formula is C13H15NO5S. The number of carbonyl (C=O) groups excluding carboxylic acids is 2. The molecule has 0 aliphatic rings. The van der Waals surface area contributed by atoms with E-state index < -0.39 is 17.8 Å². The highest BCUT2D eigenvalue weighted by atomic mass is 32.1. The molecule has 108 valence electrons. The molecule has 0 bridgehead atoms. The zero-order valence-electron chi connectivity index (χ0n) is 11.4. The van der Waals surface area contributed by atoms with Crippen LogP contribution in [-0.4, -0.2) is 29.6 Å². The summed E-state index contributed by atoms with van der Waals surface area (Å²) in [6, 6.07) is 1.54. The highest BCUT2D eigenvalue weighted by molar-refractivity contribution is 7.14. The Balaban J connectivity index is 2.93. The smallest absolute Gasteiger partial charge is 0.341 e. The lowest BCUT2D eigenvalue weighted by Gasteiger charge is -2.07. The topological polar surface area (TPSA) is 92.7 Å². The van der Waals surface area contributed by atoms with Gasteiger partial charge in [-0.25, -0.2) is 9.59 Å². The number of anilines is 1. The van der Waals surface area contributed by atoms with Gasteiger partial charge in [-0.15, -0.1) is 11.3 Å². The van der Waals surface area contributed by atoms with Crippen molar-refractivity contribution >= 4 is 34.2 Å². The Bertz CT molecular complexity index is 573. The molecule has 2 N–H and O–H groups in total. The second kappa shape index (κ2) is 6.85. The minimum absolute atomic E-state index is 0.0447. The van der Waals surface area contributed by atoms with Crippen molar-refractivity contribution in [2.45, 2.75) is 20.8 Å². The minimum Gasteiger partial charge on any atom is -0.478 e. The van der Waals surface area contributed by atoms with Gasteiger partial charge in [-0.2, -0.15) is 0 Å². The average Bonchev–Trinajstić information content (AvgIpc) is 2.85. The van der Waals surface area contributed by atoms with Gasteiger partial charge in [0.1, 0.15) is 5.00 Å². The Morgan fingerprint density at radius 2 is 1.95 bits per heavy atom. The van der Waals surface area contributed by atoms with Crippen LogP contribution in [0.3, 0.4) is 0 Å². The fourth-order valence-corrected chi connectivity index (χ4v) is 2.07. The number of ether oxygens (including phenoxy) is 1. The summed E-state index contributed by atoms with van der Waals surface area (Å²) in [5.41, 5.74) is 0.295. The lowest BCUT2D eigenvalue weighted by molar-refractivity contribution is -0.133. The maximum Gasteiger partial charge on any atom is 0.341 e. The Hall–Kier alpha value is -2.15. The molecule has 0 aromatic carbocycles. The molecule has 0 saturated heterocycles. The number of aliphatic carboxylic acids is 1. The number of hydrogen-bond acceptors (Lipinski definition) is 5. The maximum atomic E-state index is 11.9. The lowest BCUT2D eigenvalue weighted by Crippen LogP contribution is -2.17. The minimum atomic E-state index is -1.16. The number of rotatable bonds is 5. The molecule has 0 atom stereocenters. The molecular weight excluding hydrogens is 282 g/mol. The van der Waals surface area contributed by atoms with Gasteiger partial charge in [0.15, 0.2) is 0 Å². The molecule has 0 aliphatic heterocycles. The summed E-state index contributed by atoms with van der Waals surface area (Å²) >= 11 is 1.17. The molecule has 1 aromatic heterocycles. The Kier molecular flexibility index (Phi) is 5.45. The predicted molar refractivity (Wildman–Crippen MR) is 74.9 cm³/mol. The number of amides is 1. The fraction of sp³-hybridized carbons (Fsp3) is 0.308. The van der Waals surface area contributed by atoms with E-state index in [-0.39, 0.29) is 23.3 Å². The molecule has 1 rings (SSSR count). The Morgan fingerprint density at radius 1 is 1.30 bits per heavy atom. The van der Waals surface area contributed by atoms with Gasteiger partial charge >= 0.3 is 11.9 Å². The molecule has 1 heterocycles. The molecule has 0 spiro atoms. The molecule has 0 aliphatic carbocycles. The largest absolute Gasteiger partial charge is 0.478 e. The van der Waals surface area contributed by atoms with Gasteiger partial charge in [0.05, 0.1) is 12.2 Å². The number of hydrogen-bond donors (Lipinski definition) is 2. The van der Waals surface area contributed by atoms with Crippen LogP contribution in [0.2, 0.25) is 0 Å². The molecule has 0 fully saturated rings. The summed E-state index contributed by atoms with van der Waals surface area (Å²) in [5.74, 6) is -2.24. The molecule has 0 saturated carbocycles. The van der Waals surface area contributed by atoms with E-state index in [1.807, 2.05) is 0 Å². The van der Waals surface area contributed by atoms with Crippen molar-refractivity contribution in [1.82, 2.24) is 0 Å². The normalized spacial score (nSPS) is 11.6. The van der Waals surface area contributed by atoms with E-state index >= 15 is 0 Å². The van der Waals surface area contributed by atoms with Crippen molar-refractivity contribution in [2.24, 2.45) is 0 Å². The van der Waals surface area contributed by atoms with Gasteiger partial charge in [0.2, 0.25) is 0 Å². The van der Waals surface area contributed by atoms with Crippen LogP contribution in [0.15, 0.2) is 22.6 Å². The number of thiophene rings is 1. The van der Waals surface area contributed by atoms with Crippen LogP contribution in [0.4, 0.5) is 5.00 Å². The van der Waals surface area contributed by atoms with E-state index in [1.54, 1.807) is 18.4 Å². The molecule has 1 aromatic rings. The third kappa shape index (κ3) is 3.67. The zero-order chi connectivity index (χ0) is 15.3. The van der Waals surface area contributed by atoms with E-state index in [0.717, 1.165) is 0 Å². The van der Waals surface area contributed by atoms with E-state index in [1.165, 1.54) is 25.2 Å². The standard InChI is InChI=1S/C13H15NO5S/c1-4-19-13(18)9-5-6-20-11(9)14-10(15)7(2)8(3)12(16)17/h5-6H,4H2,1-3H3,(H,14,15)(H,16,17). The SMILES string of the molecule is CCOC(=O)c1ccsc1NC(=O)C(C)=C(C)C(=O)O. The van der Waals surface area contributed by atoms with Crippen LogP contribution in [-0.2, 0) is 14.3 Å². The first-order chi connectivity index (χ1) is 9.38. The third-order valence-electron chi connectivity index (χ3n) is 2.61. The van der Waals surface area contributed by atoms with Crippen molar-refractivity contribution in [2.75, 3.05) is 11.9 Å². The van der Waals surface area contributed by atoms with Crippen molar-refractivity contribution in [3.05, 3.63) is 28.2 Å². The molecule has 0 unspecified atom stereocenters. The van der Waals surface area contributed by atoms with Crippen molar-refractivity contribution in [3.63, 3.8) is 0 Å². The second-order valence-corrected chi connectivity index (χ2v) is 4.81. The third-order valence-corrected chi connectivity index (χ3v) is 3.44. The first-order valence-corrected chi connectivity index (χ1v) is 6.73. The summed E-state index contributed by atoms with van der Waals surface area (Å²) < 4.78 is 4.86. The first kappa shape index (κ1) is 15.9. The van der Waals surface area contributed by atoms with E-state index in [4.69, 9.17) is 9.84 Å². The predicted octanol–water partition coefficient (Wildman–Crippen LogP) is 2.28. The molecule has 1 amide bonds. The number of carbonyl (C=O) groups is 3. The zero-order valence-corrected chi connectivity index (χ0v) is 12.2. The molecule has 20 heavy (non-hydrogen) atoms. The Labute approximate surface area is 120 Å². The number of esters is 1. The first-order valence-electron chi connectivity index (χ1n) is 5.85. The maximum absolute atomic E-state index is 11.9. The second-order valence-electron chi connectivity index (χ2n) is 3.89. The summed E-state index contributed by atoms with van der Waals surface area (Å²) in [4.78, 5) is 34.4. The van der Waals surface area contributed by atoms with Crippen molar-refractivity contribution < 1.29 is 24.2 Å². The quantitative estimate of drug-likeness (QED) is 0.642. The lowest BCUT2D eigenvalue weighted by atomic mass is 10.1. The number of carboxylic acid groups (broad SMARTS) is 1. The van der Waals surface area contributed by atoms with Crippen LogP contribution in [0.5, 0.6) is 0 Å². The average molecular weight is 297 g/mol. The van der Waals surface area contributed by atoms with E-state index in [2.05, 4.69) is 5.32 Å². The van der Waals surface area contributed by atoms with Gasteiger partial charge in [-0.1, -0.05) is 0 Å². The highest BCUT2D eigenvalue weighted by Crippen LogP contribution is 2.24. The van der Waals surface area contributed by atoms with Gasteiger partial charge in [-0.3, -0.25) is 4.79 Å². The number of nitrogens with one attached hydrogen (secondary N) is 1. The van der Waals surface area contributed by atoms with Crippen LogP contribution >= 0.6 is 11.3 Å². The Morgan fingerprint density at radius 3 is 2.50 bits per heavy atom.